The fraction of sp³-hybridized carbons (Fsp3) is 0.933. The molecule has 1 rings (SSSR count). The highest BCUT2D eigenvalue weighted by molar-refractivity contribution is 5.78. The van der Waals surface area contributed by atoms with Gasteiger partial charge in [-0.2, -0.15) is 0 Å². The summed E-state index contributed by atoms with van der Waals surface area (Å²) in [6, 6.07) is 0.515. The number of hydrogen-bond acceptors (Lipinski definition) is 4. The number of likely N-dealkylation sites (N-methyl/N-ethyl adjacent to an activating group) is 1. The van der Waals surface area contributed by atoms with E-state index in [2.05, 4.69) is 24.1 Å². The predicted molar refractivity (Wildman–Crippen MR) is 80.0 cm³/mol. The minimum atomic E-state index is -0.803. The molecule has 0 aromatic heterocycles. The number of carboxylic acid groups (broad SMARTS) is 1. The molecule has 0 aliphatic carbocycles. The van der Waals surface area contributed by atoms with Crippen LogP contribution in [-0.4, -0.2) is 60.4 Å². The van der Waals surface area contributed by atoms with Crippen LogP contribution in [0.1, 0.15) is 46.5 Å². The van der Waals surface area contributed by atoms with E-state index in [4.69, 9.17) is 4.74 Å². The second-order valence-corrected chi connectivity index (χ2v) is 6.05. The fourth-order valence-electron chi connectivity index (χ4n) is 2.69. The second-order valence-electron chi connectivity index (χ2n) is 6.05. The molecule has 3 atom stereocenters. The summed E-state index contributed by atoms with van der Waals surface area (Å²) in [5.74, 6) is -0.772. The third-order valence-corrected chi connectivity index (χ3v) is 4.45. The maximum absolute atomic E-state index is 11.2. The summed E-state index contributed by atoms with van der Waals surface area (Å²) in [5, 5.41) is 12.1. The van der Waals surface area contributed by atoms with Crippen molar-refractivity contribution in [3.63, 3.8) is 0 Å². The van der Waals surface area contributed by atoms with Gasteiger partial charge in [0.15, 0.2) is 0 Å². The minimum absolute atomic E-state index is 0.305. The molecule has 1 saturated heterocycles. The lowest BCUT2D eigenvalue weighted by atomic mass is 9.95. The van der Waals surface area contributed by atoms with Gasteiger partial charge in [0.2, 0.25) is 0 Å². The molecule has 0 aromatic carbocycles. The van der Waals surface area contributed by atoms with Gasteiger partial charge in [0, 0.05) is 12.6 Å². The van der Waals surface area contributed by atoms with Crippen LogP contribution in [-0.2, 0) is 9.53 Å². The van der Waals surface area contributed by atoms with Crippen LogP contribution in [0.5, 0.6) is 0 Å². The summed E-state index contributed by atoms with van der Waals surface area (Å²) in [6.07, 6.45) is 4.03. The summed E-state index contributed by atoms with van der Waals surface area (Å²) in [4.78, 5) is 13.7. The van der Waals surface area contributed by atoms with Crippen molar-refractivity contribution in [1.82, 2.24) is 10.2 Å². The molecule has 1 aliphatic heterocycles. The number of ether oxygens (including phenoxy) is 1. The Morgan fingerprint density at radius 3 is 2.75 bits per heavy atom. The van der Waals surface area contributed by atoms with Gasteiger partial charge in [0.25, 0.3) is 0 Å². The smallest absolute Gasteiger partial charge is 0.323 e. The molecule has 5 heteroatoms. The number of carbonyl (C=O) groups is 1. The van der Waals surface area contributed by atoms with Gasteiger partial charge in [-0.3, -0.25) is 9.69 Å². The molecule has 1 heterocycles. The van der Waals surface area contributed by atoms with Crippen molar-refractivity contribution in [3.05, 3.63) is 0 Å². The zero-order valence-corrected chi connectivity index (χ0v) is 13.3. The van der Waals surface area contributed by atoms with Gasteiger partial charge in [0.05, 0.1) is 12.7 Å². The molecule has 3 unspecified atom stereocenters. The first-order valence-corrected chi connectivity index (χ1v) is 7.71. The third-order valence-electron chi connectivity index (χ3n) is 4.45. The Bertz CT molecular complexity index is 311. The Kier molecular flexibility index (Phi) is 6.92. The number of morpholine rings is 1. The SMILES string of the molecule is CCC1COC(C)CN1CCCCC(C)(NC)C(=O)O. The van der Waals surface area contributed by atoms with Gasteiger partial charge in [0.1, 0.15) is 5.54 Å². The third kappa shape index (κ3) is 4.72. The molecule has 0 bridgehead atoms. The summed E-state index contributed by atoms with van der Waals surface area (Å²) in [6.45, 7) is 8.90. The van der Waals surface area contributed by atoms with E-state index in [1.807, 2.05) is 0 Å². The number of rotatable bonds is 8. The highest BCUT2D eigenvalue weighted by atomic mass is 16.5. The first kappa shape index (κ1) is 17.4. The largest absolute Gasteiger partial charge is 0.480 e. The minimum Gasteiger partial charge on any atom is -0.480 e. The van der Waals surface area contributed by atoms with Crippen LogP contribution >= 0.6 is 0 Å². The lowest BCUT2D eigenvalue weighted by molar-refractivity contribution is -0.144. The van der Waals surface area contributed by atoms with Crippen LogP contribution in [0.4, 0.5) is 0 Å². The van der Waals surface area contributed by atoms with Crippen molar-refractivity contribution in [2.24, 2.45) is 0 Å². The maximum Gasteiger partial charge on any atom is 0.323 e. The molecule has 5 nitrogen and oxygen atoms in total. The molecule has 20 heavy (non-hydrogen) atoms. The molecular formula is C15H30N2O3. The Hall–Kier alpha value is -0.650. The molecule has 2 N–H and O–H groups in total. The Morgan fingerprint density at radius 1 is 1.50 bits per heavy atom. The number of hydrogen-bond donors (Lipinski definition) is 2. The predicted octanol–water partition coefficient (Wildman–Crippen LogP) is 1.72. The van der Waals surface area contributed by atoms with Crippen molar-refractivity contribution in [2.75, 3.05) is 26.7 Å². The van der Waals surface area contributed by atoms with Crippen LogP contribution < -0.4 is 5.32 Å². The quantitative estimate of drug-likeness (QED) is 0.665. The number of carboxylic acids is 1. The number of aliphatic carboxylic acids is 1. The van der Waals surface area contributed by atoms with Gasteiger partial charge in [-0.15, -0.1) is 0 Å². The average Bonchev–Trinajstić information content (AvgIpc) is 2.43. The zero-order chi connectivity index (χ0) is 15.2. The van der Waals surface area contributed by atoms with Gasteiger partial charge in [-0.05, 0) is 53.1 Å². The maximum atomic E-state index is 11.2. The van der Waals surface area contributed by atoms with Crippen LogP contribution in [0.2, 0.25) is 0 Å². The van der Waals surface area contributed by atoms with E-state index < -0.39 is 11.5 Å². The summed E-state index contributed by atoms with van der Waals surface area (Å²) in [5.41, 5.74) is -0.803. The van der Waals surface area contributed by atoms with Crippen molar-refractivity contribution in [1.29, 1.82) is 0 Å². The van der Waals surface area contributed by atoms with Crippen LogP contribution in [0.15, 0.2) is 0 Å². The Balaban J connectivity index is 2.34. The first-order chi connectivity index (χ1) is 9.42. The van der Waals surface area contributed by atoms with E-state index in [1.54, 1.807) is 14.0 Å². The number of nitrogens with one attached hydrogen (secondary N) is 1. The van der Waals surface area contributed by atoms with Crippen molar-refractivity contribution in [3.8, 4) is 0 Å². The van der Waals surface area contributed by atoms with E-state index in [1.165, 1.54) is 0 Å². The zero-order valence-electron chi connectivity index (χ0n) is 13.3. The van der Waals surface area contributed by atoms with E-state index in [9.17, 15) is 9.90 Å². The lowest BCUT2D eigenvalue weighted by Gasteiger charge is -2.38. The standard InChI is InChI=1S/C15H30N2O3/c1-5-13-11-20-12(2)10-17(13)9-7-6-8-15(3,16-4)14(18)19/h12-13,16H,5-11H2,1-4H3,(H,18,19). The monoisotopic (exact) mass is 286 g/mol. The van der Waals surface area contributed by atoms with Crippen LogP contribution in [0.25, 0.3) is 0 Å². The Morgan fingerprint density at radius 2 is 2.20 bits per heavy atom. The molecule has 0 saturated carbocycles. The van der Waals surface area contributed by atoms with Crippen LogP contribution in [0.3, 0.4) is 0 Å². The molecule has 1 fully saturated rings. The van der Waals surface area contributed by atoms with Gasteiger partial charge in [-0.25, -0.2) is 0 Å². The fourth-order valence-corrected chi connectivity index (χ4v) is 2.69. The summed E-state index contributed by atoms with van der Waals surface area (Å²) < 4.78 is 5.69. The lowest BCUT2D eigenvalue weighted by Crippen LogP contribution is -2.49. The van der Waals surface area contributed by atoms with E-state index >= 15 is 0 Å². The Labute approximate surface area is 122 Å². The first-order valence-electron chi connectivity index (χ1n) is 7.71. The molecule has 0 radical (unpaired) electrons. The summed E-state index contributed by atoms with van der Waals surface area (Å²) >= 11 is 0. The topological polar surface area (TPSA) is 61.8 Å². The summed E-state index contributed by atoms with van der Waals surface area (Å²) in [7, 11) is 1.71. The molecule has 0 spiro atoms. The van der Waals surface area contributed by atoms with Crippen LogP contribution in [0, 0.1) is 0 Å². The van der Waals surface area contributed by atoms with E-state index in [-0.39, 0.29) is 0 Å². The van der Waals surface area contributed by atoms with Gasteiger partial charge < -0.3 is 15.2 Å². The molecule has 0 amide bonds. The molecule has 0 aromatic rings. The highest BCUT2D eigenvalue weighted by Crippen LogP contribution is 2.18. The average molecular weight is 286 g/mol. The number of unbranched alkanes of at least 4 members (excludes halogenated alkanes) is 1. The van der Waals surface area contributed by atoms with Gasteiger partial charge >= 0.3 is 5.97 Å². The molecule has 1 aliphatic rings. The molecular weight excluding hydrogens is 256 g/mol. The van der Waals surface area contributed by atoms with Crippen molar-refractivity contribution >= 4 is 5.97 Å². The molecule has 118 valence electrons. The highest BCUT2D eigenvalue weighted by Gasteiger charge is 2.30. The van der Waals surface area contributed by atoms with Crippen molar-refractivity contribution in [2.45, 2.75) is 64.1 Å². The normalized spacial score (nSPS) is 27.2. The second kappa shape index (κ2) is 7.96. The van der Waals surface area contributed by atoms with Crippen molar-refractivity contribution < 1.29 is 14.6 Å². The number of nitrogens with zero attached hydrogens (tertiary/aromatic N) is 1. The van der Waals surface area contributed by atoms with Gasteiger partial charge in [-0.1, -0.05) is 6.92 Å². The van der Waals surface area contributed by atoms with E-state index in [0.29, 0.717) is 18.6 Å². The van der Waals surface area contributed by atoms with E-state index in [0.717, 1.165) is 39.0 Å².